The largest absolute Gasteiger partial charge is 0.497 e. The third kappa shape index (κ3) is 3.30. The number of nitrogens with zero attached hydrogens (tertiary/aromatic N) is 1. The van der Waals surface area contributed by atoms with Crippen LogP contribution >= 0.6 is 23.7 Å². The predicted octanol–water partition coefficient (Wildman–Crippen LogP) is 4.93. The Balaban J connectivity index is 0.00000210. The van der Waals surface area contributed by atoms with E-state index in [4.69, 9.17) is 15.5 Å². The number of nitrogens with two attached hydrogens (primary N) is 1. The molecule has 2 N–H and O–H groups in total. The van der Waals surface area contributed by atoms with Gasteiger partial charge in [0.05, 0.1) is 18.4 Å². The molecule has 0 radical (unpaired) electrons. The molecule has 27 heavy (non-hydrogen) atoms. The molecule has 2 heterocycles. The molecule has 1 unspecified atom stereocenters. The summed E-state index contributed by atoms with van der Waals surface area (Å²) >= 11 is 1.77. The Morgan fingerprint density at radius 3 is 2.63 bits per heavy atom. The number of pyridine rings is 1. The molecule has 142 valence electrons. The molecule has 1 atom stereocenters. The SMILES string of the molecule is COc1ccc(-c2c(C(N)=O)c(C)nc3sc4c(c23)CCC(C)C4)cc1.Cl. The minimum absolute atomic E-state index is 0. The van der Waals surface area contributed by atoms with Crippen LogP contribution in [-0.4, -0.2) is 18.0 Å². The van der Waals surface area contributed by atoms with Gasteiger partial charge in [-0.25, -0.2) is 4.98 Å². The summed E-state index contributed by atoms with van der Waals surface area (Å²) in [6.07, 6.45) is 3.28. The second-order valence-corrected chi connectivity index (χ2v) is 8.16. The maximum Gasteiger partial charge on any atom is 0.251 e. The van der Waals surface area contributed by atoms with Crippen molar-refractivity contribution in [1.29, 1.82) is 0 Å². The number of hydrogen-bond acceptors (Lipinski definition) is 4. The summed E-state index contributed by atoms with van der Waals surface area (Å²) in [7, 11) is 1.65. The van der Waals surface area contributed by atoms with Gasteiger partial charge >= 0.3 is 0 Å². The van der Waals surface area contributed by atoms with Crippen LogP contribution in [-0.2, 0) is 12.8 Å². The van der Waals surface area contributed by atoms with Crippen LogP contribution < -0.4 is 10.5 Å². The lowest BCUT2D eigenvalue weighted by Gasteiger charge is -2.19. The molecule has 2 aromatic heterocycles. The second-order valence-electron chi connectivity index (χ2n) is 7.07. The van der Waals surface area contributed by atoms with E-state index < -0.39 is 5.91 Å². The third-order valence-electron chi connectivity index (χ3n) is 5.25. The average Bonchev–Trinajstić information content (AvgIpc) is 2.97. The number of rotatable bonds is 3. The number of amides is 1. The fourth-order valence-corrected chi connectivity index (χ4v) is 5.37. The zero-order valence-corrected chi connectivity index (χ0v) is 17.3. The van der Waals surface area contributed by atoms with E-state index in [9.17, 15) is 4.79 Å². The molecule has 0 aliphatic heterocycles. The fourth-order valence-electron chi connectivity index (χ4n) is 3.93. The first kappa shape index (κ1) is 19.6. The number of halogens is 1. The fraction of sp³-hybridized carbons (Fsp3) is 0.333. The van der Waals surface area contributed by atoms with Crippen LogP contribution in [0.1, 0.15) is 39.8 Å². The average molecular weight is 403 g/mol. The number of ether oxygens (including phenoxy) is 1. The van der Waals surface area contributed by atoms with Crippen molar-refractivity contribution in [1.82, 2.24) is 4.98 Å². The predicted molar refractivity (Wildman–Crippen MR) is 113 cm³/mol. The van der Waals surface area contributed by atoms with E-state index in [1.54, 1.807) is 18.4 Å². The number of aryl methyl sites for hydroxylation is 2. The molecule has 1 aliphatic rings. The number of fused-ring (bicyclic) bond motifs is 3. The summed E-state index contributed by atoms with van der Waals surface area (Å²) in [5.41, 5.74) is 10.3. The molecule has 0 fully saturated rings. The van der Waals surface area contributed by atoms with Gasteiger partial charge in [0, 0.05) is 15.8 Å². The molecule has 0 spiro atoms. The van der Waals surface area contributed by atoms with Crippen LogP contribution in [0.4, 0.5) is 0 Å². The van der Waals surface area contributed by atoms with Crippen LogP contribution in [0.2, 0.25) is 0 Å². The van der Waals surface area contributed by atoms with E-state index in [1.165, 1.54) is 16.9 Å². The molecule has 6 heteroatoms. The first-order valence-corrected chi connectivity index (χ1v) is 9.70. The normalized spacial score (nSPS) is 15.9. The number of hydrogen-bond donors (Lipinski definition) is 1. The van der Waals surface area contributed by atoms with Gasteiger partial charge in [0.2, 0.25) is 0 Å². The topological polar surface area (TPSA) is 65.2 Å². The Morgan fingerprint density at radius 2 is 2.00 bits per heavy atom. The Kier molecular flexibility index (Phi) is 5.45. The highest BCUT2D eigenvalue weighted by molar-refractivity contribution is 7.19. The highest BCUT2D eigenvalue weighted by Gasteiger charge is 2.27. The quantitative estimate of drug-likeness (QED) is 0.675. The number of carbonyl (C=O) groups is 1. The van der Waals surface area contributed by atoms with Gasteiger partial charge in [0.1, 0.15) is 10.6 Å². The standard InChI is InChI=1S/C21H22N2O2S.ClH/c1-11-4-9-15-16(10-11)26-21-19(15)18(17(20(22)24)12(2)23-21)13-5-7-14(25-3)8-6-13;/h5-8,11H,4,9-10H2,1-3H3,(H2,22,24);1H. The maximum absolute atomic E-state index is 12.3. The van der Waals surface area contributed by atoms with Crippen LogP contribution in [0.25, 0.3) is 21.3 Å². The summed E-state index contributed by atoms with van der Waals surface area (Å²) in [4.78, 5) is 19.4. The van der Waals surface area contributed by atoms with Gasteiger partial charge in [-0.2, -0.15) is 0 Å². The van der Waals surface area contributed by atoms with Gasteiger partial charge in [-0.1, -0.05) is 19.1 Å². The van der Waals surface area contributed by atoms with E-state index in [0.29, 0.717) is 17.2 Å². The number of aromatic nitrogens is 1. The van der Waals surface area contributed by atoms with E-state index >= 15 is 0 Å². The monoisotopic (exact) mass is 402 g/mol. The van der Waals surface area contributed by atoms with Gasteiger partial charge < -0.3 is 10.5 Å². The van der Waals surface area contributed by atoms with Gasteiger partial charge in [-0.3, -0.25) is 4.79 Å². The Bertz CT molecular complexity index is 1010. The van der Waals surface area contributed by atoms with E-state index in [-0.39, 0.29) is 12.4 Å². The molecule has 1 aliphatic carbocycles. The van der Waals surface area contributed by atoms with Crippen LogP contribution in [0, 0.1) is 12.8 Å². The molecule has 0 bridgehead atoms. The summed E-state index contributed by atoms with van der Waals surface area (Å²) < 4.78 is 5.28. The van der Waals surface area contributed by atoms with Crippen LogP contribution in [0.3, 0.4) is 0 Å². The Hall–Kier alpha value is -2.11. The lowest BCUT2D eigenvalue weighted by molar-refractivity contribution is 0.1000. The van der Waals surface area contributed by atoms with Gasteiger partial charge in [-0.15, -0.1) is 23.7 Å². The second kappa shape index (κ2) is 7.49. The number of benzene rings is 1. The van der Waals surface area contributed by atoms with Crippen molar-refractivity contribution < 1.29 is 9.53 Å². The minimum Gasteiger partial charge on any atom is -0.497 e. The van der Waals surface area contributed by atoms with E-state index in [0.717, 1.165) is 39.9 Å². The zero-order valence-electron chi connectivity index (χ0n) is 15.7. The molecule has 1 aromatic carbocycles. The van der Waals surface area contributed by atoms with E-state index in [2.05, 4.69) is 6.92 Å². The molecule has 1 amide bonds. The minimum atomic E-state index is -0.424. The number of carbonyl (C=O) groups excluding carboxylic acids is 1. The van der Waals surface area contributed by atoms with Crippen molar-refractivity contribution in [2.75, 3.05) is 7.11 Å². The first-order chi connectivity index (χ1) is 12.5. The van der Waals surface area contributed by atoms with Crippen molar-refractivity contribution in [2.45, 2.75) is 33.1 Å². The van der Waals surface area contributed by atoms with Crippen LogP contribution in [0.15, 0.2) is 24.3 Å². The first-order valence-electron chi connectivity index (χ1n) is 8.88. The summed E-state index contributed by atoms with van der Waals surface area (Å²) in [5.74, 6) is 1.06. The maximum atomic E-state index is 12.3. The lowest BCUT2D eigenvalue weighted by Crippen LogP contribution is -2.16. The molecular formula is C21H23ClN2O2S. The van der Waals surface area contributed by atoms with Crippen molar-refractivity contribution in [3.63, 3.8) is 0 Å². The van der Waals surface area contributed by atoms with Gasteiger partial charge in [-0.05, 0) is 55.4 Å². The smallest absolute Gasteiger partial charge is 0.251 e. The molecule has 0 saturated carbocycles. The Morgan fingerprint density at radius 1 is 1.30 bits per heavy atom. The number of primary amides is 1. The van der Waals surface area contributed by atoms with Crippen molar-refractivity contribution >= 4 is 39.9 Å². The van der Waals surface area contributed by atoms with Crippen molar-refractivity contribution in [2.24, 2.45) is 11.7 Å². The van der Waals surface area contributed by atoms with Gasteiger partial charge in [0.15, 0.2) is 0 Å². The van der Waals surface area contributed by atoms with Crippen molar-refractivity contribution in [3.05, 3.63) is 46.0 Å². The molecule has 0 saturated heterocycles. The Labute approximate surface area is 169 Å². The van der Waals surface area contributed by atoms with Crippen molar-refractivity contribution in [3.8, 4) is 16.9 Å². The summed E-state index contributed by atoms with van der Waals surface area (Å²) in [6.45, 7) is 4.17. The van der Waals surface area contributed by atoms with E-state index in [1.807, 2.05) is 31.2 Å². The summed E-state index contributed by atoms with van der Waals surface area (Å²) in [5, 5.41) is 1.11. The molecule has 4 rings (SSSR count). The lowest BCUT2D eigenvalue weighted by atomic mass is 9.86. The molecule has 4 nitrogen and oxygen atoms in total. The zero-order chi connectivity index (χ0) is 18.4. The highest BCUT2D eigenvalue weighted by atomic mass is 35.5. The third-order valence-corrected chi connectivity index (χ3v) is 6.40. The summed E-state index contributed by atoms with van der Waals surface area (Å²) in [6, 6.07) is 7.83. The molecular weight excluding hydrogens is 380 g/mol. The molecule has 3 aromatic rings. The number of methoxy groups -OCH3 is 1. The van der Waals surface area contributed by atoms with Crippen LogP contribution in [0.5, 0.6) is 5.75 Å². The highest BCUT2D eigenvalue weighted by Crippen LogP contribution is 2.44. The number of thiophene rings is 1. The van der Waals surface area contributed by atoms with Gasteiger partial charge in [0.25, 0.3) is 5.91 Å².